The number of thioether (sulfide) groups is 1. The molecule has 13 heavy (non-hydrogen) atoms. The Morgan fingerprint density at radius 2 is 2.15 bits per heavy atom. The molecule has 0 radical (unpaired) electrons. The van der Waals surface area contributed by atoms with Crippen LogP contribution in [0.2, 0.25) is 0 Å². The third-order valence-corrected chi connectivity index (χ3v) is 3.96. The molecule has 1 N–H and O–H groups in total. The molecule has 1 rings (SSSR count). The molecule has 0 heterocycles. The molecule has 0 spiro atoms. The zero-order valence-electron chi connectivity index (χ0n) is 8.83. The van der Waals surface area contributed by atoms with Crippen LogP contribution in [-0.2, 0) is 0 Å². The molecule has 0 aromatic carbocycles. The van der Waals surface area contributed by atoms with E-state index in [-0.39, 0.29) is 6.10 Å². The normalized spacial score (nSPS) is 34.8. The van der Waals surface area contributed by atoms with Gasteiger partial charge >= 0.3 is 0 Å². The zero-order chi connectivity index (χ0) is 9.68. The van der Waals surface area contributed by atoms with Crippen LogP contribution in [0.25, 0.3) is 0 Å². The van der Waals surface area contributed by atoms with Gasteiger partial charge in [0, 0.05) is 0 Å². The van der Waals surface area contributed by atoms with Crippen molar-refractivity contribution in [3.05, 3.63) is 0 Å². The first-order chi connectivity index (χ1) is 6.27. The average molecular weight is 202 g/mol. The predicted molar refractivity (Wildman–Crippen MR) is 60.1 cm³/mol. The van der Waals surface area contributed by atoms with Gasteiger partial charge in [-0.3, -0.25) is 0 Å². The molecule has 1 fully saturated rings. The highest BCUT2D eigenvalue weighted by atomic mass is 32.2. The largest absolute Gasteiger partial charge is 0.393 e. The Labute approximate surface area is 86.3 Å². The summed E-state index contributed by atoms with van der Waals surface area (Å²) in [6, 6.07) is 0. The van der Waals surface area contributed by atoms with Crippen LogP contribution < -0.4 is 0 Å². The molecule has 1 nitrogen and oxygen atoms in total. The van der Waals surface area contributed by atoms with Crippen molar-refractivity contribution in [2.75, 3.05) is 12.0 Å². The lowest BCUT2D eigenvalue weighted by Crippen LogP contribution is -2.29. The molecule has 3 unspecified atom stereocenters. The Morgan fingerprint density at radius 1 is 1.38 bits per heavy atom. The predicted octanol–water partition coefficient (Wildman–Crippen LogP) is 2.93. The Hall–Kier alpha value is 0.310. The van der Waals surface area contributed by atoms with E-state index >= 15 is 0 Å². The maximum absolute atomic E-state index is 9.83. The SMILES string of the molecule is CCC1CCC(CCSC)CC1O. The minimum absolute atomic E-state index is 0.00870. The van der Waals surface area contributed by atoms with Gasteiger partial charge in [-0.1, -0.05) is 13.3 Å². The smallest absolute Gasteiger partial charge is 0.0570 e. The highest BCUT2D eigenvalue weighted by Crippen LogP contribution is 2.33. The molecular weight excluding hydrogens is 180 g/mol. The van der Waals surface area contributed by atoms with Gasteiger partial charge in [0.05, 0.1) is 6.10 Å². The van der Waals surface area contributed by atoms with E-state index in [1.807, 2.05) is 11.8 Å². The lowest BCUT2D eigenvalue weighted by atomic mass is 9.78. The Kier molecular flexibility index (Phi) is 5.18. The molecule has 0 aromatic rings. The summed E-state index contributed by atoms with van der Waals surface area (Å²) in [5.74, 6) is 2.64. The Balaban J connectivity index is 2.24. The summed E-state index contributed by atoms with van der Waals surface area (Å²) in [6.07, 6.45) is 8.25. The number of aliphatic hydroxyl groups is 1. The first-order valence-corrected chi connectivity index (χ1v) is 6.84. The summed E-state index contributed by atoms with van der Waals surface area (Å²) in [5.41, 5.74) is 0. The Morgan fingerprint density at radius 3 is 2.69 bits per heavy atom. The van der Waals surface area contributed by atoms with Crippen molar-refractivity contribution in [2.24, 2.45) is 11.8 Å². The molecule has 3 atom stereocenters. The molecule has 0 aliphatic heterocycles. The maximum atomic E-state index is 9.83. The first kappa shape index (κ1) is 11.4. The lowest BCUT2D eigenvalue weighted by Gasteiger charge is -2.32. The van der Waals surface area contributed by atoms with Crippen LogP contribution in [-0.4, -0.2) is 23.2 Å². The van der Waals surface area contributed by atoms with Crippen LogP contribution in [0, 0.1) is 11.8 Å². The second-order valence-corrected chi connectivity index (χ2v) is 5.18. The van der Waals surface area contributed by atoms with Crippen LogP contribution in [0.15, 0.2) is 0 Å². The van der Waals surface area contributed by atoms with Gasteiger partial charge < -0.3 is 5.11 Å². The van der Waals surface area contributed by atoms with E-state index in [1.165, 1.54) is 25.0 Å². The van der Waals surface area contributed by atoms with E-state index in [0.717, 1.165) is 18.8 Å². The van der Waals surface area contributed by atoms with Crippen LogP contribution in [0.3, 0.4) is 0 Å². The quantitative estimate of drug-likeness (QED) is 0.756. The molecule has 2 heteroatoms. The maximum Gasteiger partial charge on any atom is 0.0570 e. The second kappa shape index (κ2) is 5.92. The fourth-order valence-electron chi connectivity index (χ4n) is 2.32. The van der Waals surface area contributed by atoms with E-state index in [4.69, 9.17) is 0 Å². The minimum Gasteiger partial charge on any atom is -0.393 e. The monoisotopic (exact) mass is 202 g/mol. The zero-order valence-corrected chi connectivity index (χ0v) is 9.65. The van der Waals surface area contributed by atoms with Gasteiger partial charge in [0.25, 0.3) is 0 Å². The van der Waals surface area contributed by atoms with Gasteiger partial charge in [-0.05, 0) is 49.5 Å². The van der Waals surface area contributed by atoms with Crippen LogP contribution in [0.1, 0.15) is 39.0 Å². The second-order valence-electron chi connectivity index (χ2n) is 4.20. The van der Waals surface area contributed by atoms with Crippen LogP contribution in [0.4, 0.5) is 0 Å². The molecule has 0 saturated heterocycles. The number of hydrogen-bond acceptors (Lipinski definition) is 2. The van der Waals surface area contributed by atoms with E-state index in [1.54, 1.807) is 0 Å². The van der Waals surface area contributed by atoms with Gasteiger partial charge in [-0.2, -0.15) is 11.8 Å². The molecule has 1 saturated carbocycles. The van der Waals surface area contributed by atoms with Crippen molar-refractivity contribution in [1.82, 2.24) is 0 Å². The van der Waals surface area contributed by atoms with E-state index in [9.17, 15) is 5.11 Å². The first-order valence-electron chi connectivity index (χ1n) is 5.45. The average Bonchev–Trinajstić information content (AvgIpc) is 2.15. The van der Waals surface area contributed by atoms with Crippen molar-refractivity contribution in [3.63, 3.8) is 0 Å². The summed E-state index contributed by atoms with van der Waals surface area (Å²) < 4.78 is 0. The van der Waals surface area contributed by atoms with Gasteiger partial charge in [-0.25, -0.2) is 0 Å². The highest BCUT2D eigenvalue weighted by Gasteiger charge is 2.27. The van der Waals surface area contributed by atoms with Crippen molar-refractivity contribution >= 4 is 11.8 Å². The third kappa shape index (κ3) is 3.51. The highest BCUT2D eigenvalue weighted by molar-refractivity contribution is 7.98. The third-order valence-electron chi connectivity index (χ3n) is 3.32. The van der Waals surface area contributed by atoms with Crippen molar-refractivity contribution < 1.29 is 5.11 Å². The summed E-state index contributed by atoms with van der Waals surface area (Å²) in [4.78, 5) is 0. The minimum atomic E-state index is -0.00870. The van der Waals surface area contributed by atoms with Crippen molar-refractivity contribution in [2.45, 2.75) is 45.1 Å². The topological polar surface area (TPSA) is 20.2 Å². The van der Waals surface area contributed by atoms with Gasteiger partial charge in [0.15, 0.2) is 0 Å². The van der Waals surface area contributed by atoms with Gasteiger partial charge in [-0.15, -0.1) is 0 Å². The van der Waals surface area contributed by atoms with E-state index < -0.39 is 0 Å². The van der Waals surface area contributed by atoms with Crippen LogP contribution >= 0.6 is 11.8 Å². The van der Waals surface area contributed by atoms with E-state index in [0.29, 0.717) is 5.92 Å². The molecule has 1 aliphatic rings. The molecule has 78 valence electrons. The van der Waals surface area contributed by atoms with Gasteiger partial charge in [0.1, 0.15) is 0 Å². The number of aliphatic hydroxyl groups excluding tert-OH is 1. The summed E-state index contributed by atoms with van der Waals surface area (Å²) in [7, 11) is 0. The fraction of sp³-hybridized carbons (Fsp3) is 1.00. The Bertz CT molecular complexity index is 138. The van der Waals surface area contributed by atoms with Crippen LogP contribution in [0.5, 0.6) is 0 Å². The molecule has 0 aromatic heterocycles. The lowest BCUT2D eigenvalue weighted by molar-refractivity contribution is 0.0424. The fourth-order valence-corrected chi connectivity index (χ4v) is 2.89. The van der Waals surface area contributed by atoms with Crippen molar-refractivity contribution in [1.29, 1.82) is 0 Å². The molecule has 0 amide bonds. The summed E-state index contributed by atoms with van der Waals surface area (Å²) >= 11 is 1.92. The molecular formula is C11H22OS. The van der Waals surface area contributed by atoms with E-state index in [2.05, 4.69) is 13.2 Å². The summed E-state index contributed by atoms with van der Waals surface area (Å²) in [5, 5.41) is 9.83. The number of hydrogen-bond donors (Lipinski definition) is 1. The molecule has 0 bridgehead atoms. The van der Waals surface area contributed by atoms with Crippen molar-refractivity contribution in [3.8, 4) is 0 Å². The summed E-state index contributed by atoms with van der Waals surface area (Å²) in [6.45, 7) is 2.19. The van der Waals surface area contributed by atoms with Gasteiger partial charge in [0.2, 0.25) is 0 Å². The molecule has 1 aliphatic carbocycles. The standard InChI is InChI=1S/C11H22OS/c1-3-10-5-4-9(6-7-13-2)8-11(10)12/h9-12H,3-8H2,1-2H3. The number of rotatable bonds is 4.